The Morgan fingerprint density at radius 2 is 2.06 bits per heavy atom. The van der Waals surface area contributed by atoms with Crippen LogP contribution in [0.4, 0.5) is 19.4 Å². The topological polar surface area (TPSA) is 145 Å². The van der Waals surface area contributed by atoms with Gasteiger partial charge in [-0.15, -0.1) is 0 Å². The average molecular weight is 467 g/mol. The zero-order valence-electron chi connectivity index (χ0n) is 17.7. The third-order valence-corrected chi connectivity index (χ3v) is 5.38. The Balaban J connectivity index is 1.72. The van der Waals surface area contributed by atoms with E-state index in [1.165, 1.54) is 23.0 Å². The van der Waals surface area contributed by atoms with Crippen molar-refractivity contribution in [1.29, 1.82) is 0 Å². The van der Waals surface area contributed by atoms with Gasteiger partial charge in [0.1, 0.15) is 23.1 Å². The van der Waals surface area contributed by atoms with E-state index >= 15 is 0 Å². The second-order valence-corrected chi connectivity index (χ2v) is 7.99. The summed E-state index contributed by atoms with van der Waals surface area (Å²) in [7, 11) is 0. The molecule has 0 saturated heterocycles. The Morgan fingerprint density at radius 3 is 2.79 bits per heavy atom. The summed E-state index contributed by atoms with van der Waals surface area (Å²) in [5.41, 5.74) is -0.717. The predicted molar refractivity (Wildman–Crippen MR) is 112 cm³/mol. The van der Waals surface area contributed by atoms with Crippen LogP contribution < -0.4 is 10.1 Å². The van der Waals surface area contributed by atoms with Crippen molar-refractivity contribution in [3.63, 3.8) is 0 Å². The molecule has 2 N–H and O–H groups in total. The quantitative estimate of drug-likeness (QED) is 0.433. The minimum absolute atomic E-state index is 0.0235. The highest BCUT2D eigenvalue weighted by Crippen LogP contribution is 2.43. The summed E-state index contributed by atoms with van der Waals surface area (Å²) in [6.07, 6.45) is 0.752. The van der Waals surface area contributed by atoms with Crippen molar-refractivity contribution < 1.29 is 28.2 Å². The van der Waals surface area contributed by atoms with Gasteiger partial charge in [0.2, 0.25) is 11.8 Å². The molecule has 1 amide bonds. The first-order valence-electron chi connectivity index (χ1n) is 9.91. The number of hydrogen-bond donors (Lipinski definition) is 2. The van der Waals surface area contributed by atoms with Crippen molar-refractivity contribution in [2.45, 2.75) is 25.8 Å². The number of nitrogens with one attached hydrogen (secondary N) is 1. The van der Waals surface area contributed by atoms with Gasteiger partial charge < -0.3 is 15.2 Å². The average Bonchev–Trinajstić information content (AvgIpc) is 3.22. The molecule has 172 valence electrons. The summed E-state index contributed by atoms with van der Waals surface area (Å²) >= 11 is 0. The number of halogens is 2. The first kappa shape index (κ1) is 21.3. The molecule has 0 fully saturated rings. The summed E-state index contributed by atoms with van der Waals surface area (Å²) in [6.45, 7) is 3.00. The lowest BCUT2D eigenvalue weighted by Gasteiger charge is -2.16. The normalized spacial score (nSPS) is 14.2. The van der Waals surface area contributed by atoms with Gasteiger partial charge in [0, 0.05) is 6.20 Å². The summed E-state index contributed by atoms with van der Waals surface area (Å²) in [4.78, 5) is 40.3. The SMILES string of the molecule is CC1(C)C(=O)Nc2nc(-c3nn(Cc4ncccc4F)c4ncc(F)cc34)nc(OC(=O)O)c21. The zero-order chi connectivity index (χ0) is 24.2. The molecule has 0 saturated carbocycles. The molecule has 5 heterocycles. The molecule has 4 aromatic rings. The number of rotatable bonds is 4. The van der Waals surface area contributed by atoms with Gasteiger partial charge in [-0.05, 0) is 32.0 Å². The fourth-order valence-electron chi connectivity index (χ4n) is 3.72. The molecule has 1 aliphatic heterocycles. The first-order chi connectivity index (χ1) is 16.1. The Labute approximate surface area is 189 Å². The van der Waals surface area contributed by atoms with Gasteiger partial charge in [-0.3, -0.25) is 9.78 Å². The van der Waals surface area contributed by atoms with Crippen LogP contribution in [-0.2, 0) is 16.8 Å². The lowest BCUT2D eigenvalue weighted by Crippen LogP contribution is -2.27. The molecule has 0 spiro atoms. The number of carbonyl (C=O) groups excluding carboxylic acids is 1. The third kappa shape index (κ3) is 3.37. The number of carboxylic acid groups (broad SMARTS) is 1. The van der Waals surface area contributed by atoms with Gasteiger partial charge >= 0.3 is 6.16 Å². The maximum atomic E-state index is 14.2. The maximum absolute atomic E-state index is 14.2. The summed E-state index contributed by atoms with van der Waals surface area (Å²) in [5.74, 6) is -2.14. The van der Waals surface area contributed by atoms with Gasteiger partial charge in [0.25, 0.3) is 0 Å². The van der Waals surface area contributed by atoms with Crippen LogP contribution in [0.5, 0.6) is 5.88 Å². The van der Waals surface area contributed by atoms with Gasteiger partial charge in [-0.2, -0.15) is 10.1 Å². The van der Waals surface area contributed by atoms with E-state index in [-0.39, 0.29) is 52.1 Å². The highest BCUT2D eigenvalue weighted by molar-refractivity contribution is 6.06. The Hall–Kier alpha value is -4.55. The minimum atomic E-state index is -1.64. The van der Waals surface area contributed by atoms with Crippen LogP contribution in [0.25, 0.3) is 22.6 Å². The first-order valence-corrected chi connectivity index (χ1v) is 9.91. The van der Waals surface area contributed by atoms with E-state index in [9.17, 15) is 23.5 Å². The van der Waals surface area contributed by atoms with Crippen molar-refractivity contribution in [2.24, 2.45) is 0 Å². The van der Waals surface area contributed by atoms with Gasteiger partial charge in [0.05, 0.1) is 34.8 Å². The molecule has 0 unspecified atom stereocenters. The van der Waals surface area contributed by atoms with Crippen LogP contribution >= 0.6 is 0 Å². The second kappa shape index (κ2) is 7.50. The zero-order valence-corrected chi connectivity index (χ0v) is 17.7. The van der Waals surface area contributed by atoms with E-state index in [0.29, 0.717) is 0 Å². The molecule has 0 atom stereocenters. The fourth-order valence-corrected chi connectivity index (χ4v) is 3.72. The standard InChI is InChI=1S/C21H15F2N7O4/c1-21(2)13-15(28-19(21)31)26-16(27-18(13)34-20(32)33)14-10-6-9(22)7-25-17(10)30(29-14)8-12-11(23)4-3-5-24-12/h3-7H,8H2,1-2H3,(H,32,33)(H,26,27,28,31). The summed E-state index contributed by atoms with van der Waals surface area (Å²) in [5, 5.41) is 16.3. The van der Waals surface area contributed by atoms with E-state index in [1.54, 1.807) is 13.8 Å². The van der Waals surface area contributed by atoms with Crippen molar-refractivity contribution in [1.82, 2.24) is 29.7 Å². The fraction of sp³-hybridized carbons (Fsp3) is 0.190. The molecule has 5 rings (SSSR count). The number of amides is 1. The van der Waals surface area contributed by atoms with Crippen molar-refractivity contribution >= 4 is 28.9 Å². The number of anilines is 1. The molecular formula is C21H15F2N7O4. The Bertz CT molecular complexity index is 1500. The number of carbonyl (C=O) groups is 2. The minimum Gasteiger partial charge on any atom is -0.449 e. The smallest absolute Gasteiger partial charge is 0.449 e. The van der Waals surface area contributed by atoms with Crippen LogP contribution in [0.3, 0.4) is 0 Å². The number of ether oxygens (including phenoxy) is 1. The third-order valence-electron chi connectivity index (χ3n) is 5.38. The molecule has 0 radical (unpaired) electrons. The molecule has 11 nitrogen and oxygen atoms in total. The number of nitrogens with zero attached hydrogens (tertiary/aromatic N) is 6. The largest absolute Gasteiger partial charge is 0.512 e. The monoisotopic (exact) mass is 467 g/mol. The van der Waals surface area contributed by atoms with Crippen LogP contribution in [0.2, 0.25) is 0 Å². The van der Waals surface area contributed by atoms with Gasteiger partial charge in [-0.25, -0.2) is 28.2 Å². The molecule has 34 heavy (non-hydrogen) atoms. The van der Waals surface area contributed by atoms with Crippen molar-refractivity contribution in [3.8, 4) is 17.4 Å². The molecule has 0 aromatic carbocycles. The Kier molecular flexibility index (Phi) is 4.70. The van der Waals surface area contributed by atoms with Crippen molar-refractivity contribution in [2.75, 3.05) is 5.32 Å². The van der Waals surface area contributed by atoms with E-state index in [0.717, 1.165) is 12.3 Å². The van der Waals surface area contributed by atoms with Crippen molar-refractivity contribution in [3.05, 3.63) is 53.5 Å². The van der Waals surface area contributed by atoms with Gasteiger partial charge in [-0.1, -0.05) is 0 Å². The van der Waals surface area contributed by atoms with E-state index in [4.69, 9.17) is 4.74 Å². The summed E-state index contributed by atoms with van der Waals surface area (Å²) in [6, 6.07) is 3.83. The van der Waals surface area contributed by atoms with E-state index < -0.39 is 29.1 Å². The lowest BCUT2D eigenvalue weighted by molar-refractivity contribution is -0.119. The van der Waals surface area contributed by atoms with Gasteiger partial charge in [0.15, 0.2) is 11.5 Å². The van der Waals surface area contributed by atoms with Crippen LogP contribution in [-0.4, -0.2) is 46.9 Å². The summed E-state index contributed by atoms with van der Waals surface area (Å²) < 4.78 is 34.4. The molecule has 0 bridgehead atoms. The highest BCUT2D eigenvalue weighted by Gasteiger charge is 2.44. The molecule has 1 aliphatic rings. The highest BCUT2D eigenvalue weighted by atomic mass is 19.1. The molecule has 0 aliphatic carbocycles. The van der Waals surface area contributed by atoms with E-state index in [1.807, 2.05) is 0 Å². The maximum Gasteiger partial charge on any atom is 0.512 e. The number of aromatic nitrogens is 6. The molecule has 13 heteroatoms. The predicted octanol–water partition coefficient (Wildman–Crippen LogP) is 2.90. The number of hydrogen-bond acceptors (Lipinski definition) is 8. The molecular weight excluding hydrogens is 452 g/mol. The number of pyridine rings is 2. The van der Waals surface area contributed by atoms with Crippen LogP contribution in [0.15, 0.2) is 30.6 Å². The van der Waals surface area contributed by atoms with Crippen LogP contribution in [0, 0.1) is 11.6 Å². The van der Waals surface area contributed by atoms with E-state index in [2.05, 4.69) is 30.4 Å². The van der Waals surface area contributed by atoms with Crippen LogP contribution in [0.1, 0.15) is 25.1 Å². The Morgan fingerprint density at radius 1 is 1.26 bits per heavy atom. The second-order valence-electron chi connectivity index (χ2n) is 7.99. The molecule has 4 aromatic heterocycles. The lowest BCUT2D eigenvalue weighted by atomic mass is 9.87. The number of fused-ring (bicyclic) bond motifs is 2.